The van der Waals surface area contributed by atoms with Gasteiger partial charge in [-0.1, -0.05) is 6.07 Å². The predicted molar refractivity (Wildman–Crippen MR) is 109 cm³/mol. The number of amides is 2. The molecular formula is C22H25F2N3O2. The van der Waals surface area contributed by atoms with Gasteiger partial charge in [0.15, 0.2) is 0 Å². The van der Waals surface area contributed by atoms with Gasteiger partial charge in [0.05, 0.1) is 12.2 Å². The van der Waals surface area contributed by atoms with E-state index in [2.05, 4.69) is 5.32 Å². The van der Waals surface area contributed by atoms with Crippen molar-refractivity contribution in [3.8, 4) is 0 Å². The van der Waals surface area contributed by atoms with Crippen LogP contribution in [-0.4, -0.2) is 42.9 Å². The van der Waals surface area contributed by atoms with Crippen molar-refractivity contribution in [2.24, 2.45) is 0 Å². The van der Waals surface area contributed by atoms with Crippen LogP contribution in [0.1, 0.15) is 36.2 Å². The molecule has 29 heavy (non-hydrogen) atoms. The fourth-order valence-electron chi connectivity index (χ4n) is 3.69. The van der Waals surface area contributed by atoms with Gasteiger partial charge in [-0.05, 0) is 56.5 Å². The monoisotopic (exact) mass is 401 g/mol. The predicted octanol–water partition coefficient (Wildman–Crippen LogP) is 3.84. The van der Waals surface area contributed by atoms with Crippen molar-refractivity contribution in [1.82, 2.24) is 4.90 Å². The quantitative estimate of drug-likeness (QED) is 0.800. The van der Waals surface area contributed by atoms with Crippen LogP contribution in [0.3, 0.4) is 0 Å². The molecule has 0 aromatic heterocycles. The third-order valence-electron chi connectivity index (χ3n) is 5.08. The summed E-state index contributed by atoms with van der Waals surface area (Å²) in [6, 6.07) is 8.93. The number of hydrogen-bond donors (Lipinski definition) is 1. The number of hydrogen-bond acceptors (Lipinski definition) is 3. The lowest BCUT2D eigenvalue weighted by Crippen LogP contribution is -2.37. The van der Waals surface area contributed by atoms with Crippen LogP contribution in [0.5, 0.6) is 0 Å². The molecule has 0 saturated heterocycles. The Bertz CT molecular complexity index is 913. The van der Waals surface area contributed by atoms with Gasteiger partial charge in [-0.3, -0.25) is 9.59 Å². The Kier molecular flexibility index (Phi) is 6.46. The van der Waals surface area contributed by atoms with E-state index in [4.69, 9.17) is 0 Å². The average molecular weight is 401 g/mol. The lowest BCUT2D eigenvalue weighted by atomic mass is 10.0. The first kappa shape index (κ1) is 20.8. The van der Waals surface area contributed by atoms with Crippen LogP contribution in [0, 0.1) is 11.6 Å². The molecule has 7 heteroatoms. The van der Waals surface area contributed by atoms with Crippen LogP contribution >= 0.6 is 0 Å². The highest BCUT2D eigenvalue weighted by atomic mass is 19.1. The SMILES string of the molecule is CCN(CC)C(=O)c1cccc(NC(=O)CN2CCCc3cc(F)cc(F)c32)c1. The number of carbonyl (C=O) groups is 2. The highest BCUT2D eigenvalue weighted by molar-refractivity contribution is 5.98. The van der Waals surface area contributed by atoms with Crippen LogP contribution in [0.25, 0.3) is 0 Å². The fourth-order valence-corrected chi connectivity index (χ4v) is 3.69. The van der Waals surface area contributed by atoms with Crippen LogP contribution < -0.4 is 10.2 Å². The third-order valence-corrected chi connectivity index (χ3v) is 5.08. The van der Waals surface area contributed by atoms with Gasteiger partial charge in [-0.15, -0.1) is 0 Å². The Labute approximate surface area is 169 Å². The molecule has 2 aromatic carbocycles. The Morgan fingerprint density at radius 3 is 2.62 bits per heavy atom. The topological polar surface area (TPSA) is 52.7 Å². The van der Waals surface area contributed by atoms with E-state index in [0.29, 0.717) is 48.6 Å². The second-order valence-electron chi connectivity index (χ2n) is 7.03. The zero-order valence-electron chi connectivity index (χ0n) is 16.7. The normalized spacial score (nSPS) is 13.0. The molecule has 154 valence electrons. The fraction of sp³-hybridized carbons (Fsp3) is 0.364. The van der Waals surface area contributed by atoms with Crippen LogP contribution in [0.15, 0.2) is 36.4 Å². The number of anilines is 2. The summed E-state index contributed by atoms with van der Waals surface area (Å²) in [5.74, 6) is -1.68. The minimum Gasteiger partial charge on any atom is -0.360 e. The van der Waals surface area contributed by atoms with Crippen LogP contribution in [0.4, 0.5) is 20.2 Å². The van der Waals surface area contributed by atoms with Crippen LogP contribution in [0.2, 0.25) is 0 Å². The van der Waals surface area contributed by atoms with Crippen LogP contribution in [-0.2, 0) is 11.2 Å². The smallest absolute Gasteiger partial charge is 0.253 e. The molecule has 5 nitrogen and oxygen atoms in total. The van der Waals surface area contributed by atoms with E-state index >= 15 is 0 Å². The maximum Gasteiger partial charge on any atom is 0.253 e. The number of rotatable bonds is 6. The van der Waals surface area contributed by atoms with Gasteiger partial charge in [0.1, 0.15) is 11.6 Å². The molecule has 0 unspecified atom stereocenters. The molecule has 0 saturated carbocycles. The summed E-state index contributed by atoms with van der Waals surface area (Å²) in [5.41, 5.74) is 1.87. The molecule has 2 amide bonds. The number of fused-ring (bicyclic) bond motifs is 1. The Morgan fingerprint density at radius 2 is 1.90 bits per heavy atom. The van der Waals surface area contributed by atoms with Gasteiger partial charge in [0.2, 0.25) is 5.91 Å². The molecule has 1 N–H and O–H groups in total. The molecule has 0 aliphatic carbocycles. The molecule has 1 heterocycles. The van der Waals surface area contributed by atoms with E-state index in [1.54, 1.807) is 34.1 Å². The summed E-state index contributed by atoms with van der Waals surface area (Å²) >= 11 is 0. The second-order valence-corrected chi connectivity index (χ2v) is 7.03. The first-order chi connectivity index (χ1) is 13.9. The molecule has 3 rings (SSSR count). The number of benzene rings is 2. The van der Waals surface area contributed by atoms with Gasteiger partial charge in [0, 0.05) is 37.0 Å². The number of aryl methyl sites for hydroxylation is 1. The zero-order valence-corrected chi connectivity index (χ0v) is 16.7. The van der Waals surface area contributed by atoms with E-state index < -0.39 is 11.6 Å². The lowest BCUT2D eigenvalue weighted by Gasteiger charge is -2.31. The van der Waals surface area contributed by atoms with Crippen molar-refractivity contribution in [1.29, 1.82) is 0 Å². The maximum atomic E-state index is 14.3. The number of nitrogens with one attached hydrogen (secondary N) is 1. The molecule has 0 fully saturated rings. The highest BCUT2D eigenvalue weighted by Gasteiger charge is 2.24. The summed E-state index contributed by atoms with van der Waals surface area (Å²) < 4.78 is 27.8. The van der Waals surface area contributed by atoms with Crippen molar-refractivity contribution in [2.75, 3.05) is 36.4 Å². The number of nitrogens with zero attached hydrogens (tertiary/aromatic N) is 2. The van der Waals surface area contributed by atoms with E-state index in [9.17, 15) is 18.4 Å². The van der Waals surface area contributed by atoms with Gasteiger partial charge < -0.3 is 15.1 Å². The largest absolute Gasteiger partial charge is 0.360 e. The molecule has 2 aromatic rings. The Morgan fingerprint density at radius 1 is 1.14 bits per heavy atom. The average Bonchev–Trinajstić information content (AvgIpc) is 2.68. The summed E-state index contributed by atoms with van der Waals surface area (Å²) in [4.78, 5) is 28.4. The van der Waals surface area contributed by atoms with Crippen molar-refractivity contribution in [2.45, 2.75) is 26.7 Å². The standard InChI is InChI=1S/C22H25F2N3O2/c1-3-26(4-2)22(29)16-7-5-9-18(12-16)25-20(28)14-27-10-6-8-15-11-17(23)13-19(24)21(15)27/h5,7,9,11-13H,3-4,6,8,10,14H2,1-2H3,(H,25,28). The van der Waals surface area contributed by atoms with Gasteiger partial charge in [-0.2, -0.15) is 0 Å². The van der Waals surface area contributed by atoms with Gasteiger partial charge in [-0.25, -0.2) is 8.78 Å². The molecule has 0 atom stereocenters. The molecule has 0 bridgehead atoms. The summed E-state index contributed by atoms with van der Waals surface area (Å²) in [7, 11) is 0. The van der Waals surface area contributed by atoms with Crippen molar-refractivity contribution in [3.05, 3.63) is 59.2 Å². The van der Waals surface area contributed by atoms with E-state index in [1.807, 2.05) is 13.8 Å². The number of halogens is 2. The van der Waals surface area contributed by atoms with Crippen molar-refractivity contribution in [3.63, 3.8) is 0 Å². The maximum absolute atomic E-state index is 14.3. The Balaban J connectivity index is 1.71. The van der Waals surface area contributed by atoms with E-state index in [1.165, 1.54) is 6.07 Å². The van der Waals surface area contributed by atoms with Crippen molar-refractivity contribution < 1.29 is 18.4 Å². The molecular weight excluding hydrogens is 376 g/mol. The van der Waals surface area contributed by atoms with Gasteiger partial charge in [0.25, 0.3) is 5.91 Å². The Hall–Kier alpha value is -2.96. The minimum absolute atomic E-state index is 0.0518. The molecule has 1 aliphatic heterocycles. The van der Waals surface area contributed by atoms with Gasteiger partial charge >= 0.3 is 0 Å². The molecule has 1 aliphatic rings. The third kappa shape index (κ3) is 4.72. The molecule has 0 spiro atoms. The summed E-state index contributed by atoms with van der Waals surface area (Å²) in [5, 5.41) is 2.77. The lowest BCUT2D eigenvalue weighted by molar-refractivity contribution is -0.115. The molecule has 0 radical (unpaired) electrons. The van der Waals surface area contributed by atoms with E-state index in [-0.39, 0.29) is 18.4 Å². The first-order valence-electron chi connectivity index (χ1n) is 9.85. The van der Waals surface area contributed by atoms with Crippen molar-refractivity contribution >= 4 is 23.2 Å². The summed E-state index contributed by atoms with van der Waals surface area (Å²) in [6.07, 6.45) is 1.30. The zero-order chi connectivity index (χ0) is 21.0. The second kappa shape index (κ2) is 9.03. The van der Waals surface area contributed by atoms with E-state index in [0.717, 1.165) is 12.5 Å². The minimum atomic E-state index is -0.653. The first-order valence-corrected chi connectivity index (χ1v) is 9.85. The number of carbonyl (C=O) groups excluding carboxylic acids is 2. The highest BCUT2D eigenvalue weighted by Crippen LogP contribution is 2.30. The summed E-state index contributed by atoms with van der Waals surface area (Å²) in [6.45, 7) is 5.50.